The van der Waals surface area contributed by atoms with Crippen LogP contribution in [0.5, 0.6) is 0 Å². The van der Waals surface area contributed by atoms with Crippen molar-refractivity contribution in [1.82, 2.24) is 4.98 Å². The quantitative estimate of drug-likeness (QED) is 0.809. The summed E-state index contributed by atoms with van der Waals surface area (Å²) in [5.74, 6) is -2.14. The van der Waals surface area contributed by atoms with E-state index in [9.17, 15) is 13.2 Å². The van der Waals surface area contributed by atoms with E-state index in [0.717, 1.165) is 12.1 Å². The molecule has 2 rings (SSSR count). The van der Waals surface area contributed by atoms with E-state index in [1.807, 2.05) is 0 Å². The fraction of sp³-hybridized carbons (Fsp3) is 0.0833. The van der Waals surface area contributed by atoms with E-state index in [2.05, 4.69) is 10.3 Å². The number of benzene rings is 1. The van der Waals surface area contributed by atoms with Crippen LogP contribution in [-0.4, -0.2) is 4.98 Å². The fourth-order valence-corrected chi connectivity index (χ4v) is 1.40. The number of pyridine rings is 1. The second kappa shape index (κ2) is 4.45. The van der Waals surface area contributed by atoms with Gasteiger partial charge in [-0.05, 0) is 24.6 Å². The summed E-state index contributed by atoms with van der Waals surface area (Å²) in [4.78, 5) is 3.35. The lowest BCUT2D eigenvalue weighted by Crippen LogP contribution is -2.00. The number of rotatable bonds is 2. The molecule has 1 heterocycles. The van der Waals surface area contributed by atoms with E-state index < -0.39 is 17.6 Å². The van der Waals surface area contributed by atoms with E-state index in [0.29, 0.717) is 5.56 Å². The first kappa shape index (κ1) is 11.4. The van der Waals surface area contributed by atoms with Gasteiger partial charge in [0.2, 0.25) is 5.95 Å². The van der Waals surface area contributed by atoms with Crippen LogP contribution in [0.2, 0.25) is 0 Å². The van der Waals surface area contributed by atoms with Gasteiger partial charge in [-0.15, -0.1) is 0 Å². The highest BCUT2D eigenvalue weighted by Gasteiger charge is 2.11. The van der Waals surface area contributed by atoms with E-state index in [1.54, 1.807) is 0 Å². The fourth-order valence-electron chi connectivity index (χ4n) is 1.40. The summed E-state index contributed by atoms with van der Waals surface area (Å²) in [6.45, 7) is 1.52. The van der Waals surface area contributed by atoms with Crippen molar-refractivity contribution >= 4 is 11.4 Å². The molecule has 1 aromatic carbocycles. The number of nitrogens with zero attached hydrogens (tertiary/aromatic N) is 1. The highest BCUT2D eigenvalue weighted by molar-refractivity contribution is 5.61. The molecule has 2 nitrogen and oxygen atoms in total. The van der Waals surface area contributed by atoms with Crippen LogP contribution < -0.4 is 5.32 Å². The first-order valence-electron chi connectivity index (χ1n) is 4.91. The molecule has 0 spiro atoms. The molecule has 0 atom stereocenters. The number of aromatic nitrogens is 1. The molecule has 0 saturated heterocycles. The lowest BCUT2D eigenvalue weighted by atomic mass is 10.2. The smallest absolute Gasteiger partial charge is 0.214 e. The van der Waals surface area contributed by atoms with Gasteiger partial charge < -0.3 is 5.32 Å². The van der Waals surface area contributed by atoms with Crippen molar-refractivity contribution < 1.29 is 13.2 Å². The second-order valence-corrected chi connectivity index (χ2v) is 3.55. The molecule has 88 valence electrons. The van der Waals surface area contributed by atoms with Gasteiger partial charge in [-0.3, -0.25) is 0 Å². The van der Waals surface area contributed by atoms with Crippen LogP contribution >= 0.6 is 0 Å². The SMILES string of the molecule is Cc1ccc(F)c(Nc2ccnc(F)c2)c1F. The molecular formula is C12H9F3N2. The Bertz CT molecular complexity index is 555. The van der Waals surface area contributed by atoms with Crippen LogP contribution in [0.15, 0.2) is 30.5 Å². The average Bonchev–Trinajstić information content (AvgIpc) is 2.30. The third-order valence-electron chi connectivity index (χ3n) is 2.28. The van der Waals surface area contributed by atoms with Gasteiger partial charge in [0, 0.05) is 18.0 Å². The van der Waals surface area contributed by atoms with Gasteiger partial charge >= 0.3 is 0 Å². The summed E-state index contributed by atoms with van der Waals surface area (Å²) in [5, 5.41) is 2.49. The van der Waals surface area contributed by atoms with Crippen molar-refractivity contribution in [2.24, 2.45) is 0 Å². The van der Waals surface area contributed by atoms with Crippen molar-refractivity contribution in [3.8, 4) is 0 Å². The number of anilines is 2. The third kappa shape index (κ3) is 2.38. The summed E-state index contributed by atoms with van der Waals surface area (Å²) < 4.78 is 39.9. The highest BCUT2D eigenvalue weighted by Crippen LogP contribution is 2.25. The Labute approximate surface area is 96.1 Å². The number of halogens is 3. The lowest BCUT2D eigenvalue weighted by Gasteiger charge is -2.10. The van der Waals surface area contributed by atoms with Gasteiger partial charge in [0.15, 0.2) is 5.82 Å². The Balaban J connectivity index is 2.39. The number of hydrogen-bond acceptors (Lipinski definition) is 2. The minimum Gasteiger partial charge on any atom is -0.351 e. The van der Waals surface area contributed by atoms with Gasteiger partial charge in [-0.25, -0.2) is 13.8 Å². The van der Waals surface area contributed by atoms with Crippen molar-refractivity contribution in [3.63, 3.8) is 0 Å². The largest absolute Gasteiger partial charge is 0.351 e. The molecular weight excluding hydrogens is 229 g/mol. The molecule has 0 aliphatic rings. The summed E-state index contributed by atoms with van der Waals surface area (Å²) in [6, 6.07) is 4.97. The normalized spacial score (nSPS) is 10.4. The van der Waals surface area contributed by atoms with Crippen LogP contribution in [0.1, 0.15) is 5.56 Å². The van der Waals surface area contributed by atoms with Crippen molar-refractivity contribution in [3.05, 3.63) is 53.6 Å². The minimum absolute atomic E-state index is 0.237. The third-order valence-corrected chi connectivity index (χ3v) is 2.28. The maximum absolute atomic E-state index is 13.6. The number of hydrogen-bond donors (Lipinski definition) is 1. The highest BCUT2D eigenvalue weighted by atomic mass is 19.1. The van der Waals surface area contributed by atoms with Gasteiger partial charge in [0.05, 0.1) is 0 Å². The standard InChI is InChI=1S/C12H9F3N2/c1-7-2-3-9(13)12(11(7)15)17-8-4-5-16-10(14)6-8/h2-6H,1H3,(H,16,17). The van der Waals surface area contributed by atoms with Crippen LogP contribution in [0.25, 0.3) is 0 Å². The second-order valence-electron chi connectivity index (χ2n) is 3.55. The van der Waals surface area contributed by atoms with E-state index >= 15 is 0 Å². The predicted molar refractivity (Wildman–Crippen MR) is 58.6 cm³/mol. The zero-order valence-corrected chi connectivity index (χ0v) is 8.97. The van der Waals surface area contributed by atoms with E-state index in [1.165, 1.54) is 25.3 Å². The summed E-state index contributed by atoms with van der Waals surface area (Å²) in [5.41, 5.74) is 0.250. The molecule has 5 heteroatoms. The van der Waals surface area contributed by atoms with Crippen LogP contribution in [-0.2, 0) is 0 Å². The molecule has 1 N–H and O–H groups in total. The number of aryl methyl sites for hydroxylation is 1. The summed E-state index contributed by atoms with van der Waals surface area (Å²) in [6.07, 6.45) is 1.21. The molecule has 0 amide bonds. The Kier molecular flexibility index (Phi) is 2.99. The molecule has 0 aliphatic heterocycles. The molecule has 17 heavy (non-hydrogen) atoms. The first-order chi connectivity index (χ1) is 8.08. The average molecular weight is 238 g/mol. The molecule has 0 bridgehead atoms. The van der Waals surface area contributed by atoms with Crippen molar-refractivity contribution in [1.29, 1.82) is 0 Å². The van der Waals surface area contributed by atoms with Gasteiger partial charge in [-0.2, -0.15) is 4.39 Å². The molecule has 0 fully saturated rings. The first-order valence-corrected chi connectivity index (χ1v) is 4.91. The van der Waals surface area contributed by atoms with Gasteiger partial charge in [-0.1, -0.05) is 6.07 Å². The Morgan fingerprint density at radius 2 is 1.88 bits per heavy atom. The zero-order valence-electron chi connectivity index (χ0n) is 8.97. The molecule has 2 aromatic rings. The van der Waals surface area contributed by atoms with Crippen LogP contribution in [0.4, 0.5) is 24.5 Å². The topological polar surface area (TPSA) is 24.9 Å². The number of nitrogens with one attached hydrogen (secondary N) is 1. The van der Waals surface area contributed by atoms with Crippen LogP contribution in [0, 0.1) is 24.5 Å². The minimum atomic E-state index is -0.731. The van der Waals surface area contributed by atoms with Gasteiger partial charge in [0.1, 0.15) is 11.5 Å². The molecule has 0 radical (unpaired) electrons. The molecule has 1 aromatic heterocycles. The zero-order chi connectivity index (χ0) is 12.4. The van der Waals surface area contributed by atoms with Crippen LogP contribution in [0.3, 0.4) is 0 Å². The Morgan fingerprint density at radius 3 is 2.59 bits per heavy atom. The summed E-state index contributed by atoms with van der Waals surface area (Å²) >= 11 is 0. The lowest BCUT2D eigenvalue weighted by molar-refractivity contribution is 0.580. The summed E-state index contributed by atoms with van der Waals surface area (Å²) in [7, 11) is 0. The van der Waals surface area contributed by atoms with E-state index in [-0.39, 0.29) is 11.4 Å². The Morgan fingerprint density at radius 1 is 1.12 bits per heavy atom. The van der Waals surface area contributed by atoms with Crippen molar-refractivity contribution in [2.75, 3.05) is 5.32 Å². The molecule has 0 aliphatic carbocycles. The maximum atomic E-state index is 13.6. The van der Waals surface area contributed by atoms with E-state index in [4.69, 9.17) is 0 Å². The maximum Gasteiger partial charge on any atom is 0.214 e. The predicted octanol–water partition coefficient (Wildman–Crippen LogP) is 3.55. The molecule has 0 saturated carbocycles. The van der Waals surface area contributed by atoms with Crippen molar-refractivity contribution in [2.45, 2.75) is 6.92 Å². The van der Waals surface area contributed by atoms with Gasteiger partial charge in [0.25, 0.3) is 0 Å². The Hall–Kier alpha value is -2.04. The molecule has 0 unspecified atom stereocenters. The monoisotopic (exact) mass is 238 g/mol.